The van der Waals surface area contributed by atoms with Gasteiger partial charge in [-0.25, -0.2) is 0 Å². The van der Waals surface area contributed by atoms with Gasteiger partial charge in [-0.2, -0.15) is 0 Å². The highest BCUT2D eigenvalue weighted by atomic mass is 35.5. The number of halogens is 2. The number of hydrogen-bond acceptors (Lipinski definition) is 2. The number of nitrogens with two attached hydrogens (primary N) is 1. The molecule has 0 bridgehead atoms. The molecule has 1 aliphatic heterocycles. The van der Waals surface area contributed by atoms with E-state index in [9.17, 15) is 0 Å². The van der Waals surface area contributed by atoms with Crippen LogP contribution in [0.15, 0.2) is 35.3 Å². The fourth-order valence-electron chi connectivity index (χ4n) is 1.82. The molecule has 2 rings (SSSR count). The fourth-order valence-corrected chi connectivity index (χ4v) is 1.82. The van der Waals surface area contributed by atoms with Crippen LogP contribution >= 0.6 is 24.8 Å². The van der Waals surface area contributed by atoms with Crippen molar-refractivity contribution in [3.05, 3.63) is 35.9 Å². The number of benzene rings is 1. The topological polar surface area (TPSA) is 50.4 Å². The summed E-state index contributed by atoms with van der Waals surface area (Å²) in [6.45, 7) is 2.06. The van der Waals surface area contributed by atoms with E-state index in [1.807, 2.05) is 30.3 Å². The zero-order valence-corrected chi connectivity index (χ0v) is 11.3. The molecule has 1 saturated heterocycles. The third-order valence-electron chi connectivity index (χ3n) is 2.66. The van der Waals surface area contributed by atoms with Gasteiger partial charge in [0.1, 0.15) is 5.84 Å². The highest BCUT2D eigenvalue weighted by molar-refractivity contribution is 5.97. The van der Waals surface area contributed by atoms with Crippen molar-refractivity contribution < 1.29 is 0 Å². The molecule has 17 heavy (non-hydrogen) atoms. The molecule has 0 aliphatic carbocycles. The van der Waals surface area contributed by atoms with Crippen molar-refractivity contribution >= 4 is 30.6 Å². The van der Waals surface area contributed by atoms with Crippen molar-refractivity contribution in [1.29, 1.82) is 0 Å². The Morgan fingerprint density at radius 1 is 1.24 bits per heavy atom. The van der Waals surface area contributed by atoms with Crippen LogP contribution < -0.4 is 11.1 Å². The lowest BCUT2D eigenvalue weighted by atomic mass is 10.1. The highest BCUT2D eigenvalue weighted by Crippen LogP contribution is 2.07. The average Bonchev–Trinajstić information content (AvgIpc) is 2.31. The van der Waals surface area contributed by atoms with Crippen LogP contribution in [0.5, 0.6) is 0 Å². The zero-order valence-electron chi connectivity index (χ0n) is 9.63. The van der Waals surface area contributed by atoms with Crippen LogP contribution in [-0.4, -0.2) is 25.0 Å². The van der Waals surface area contributed by atoms with E-state index in [4.69, 9.17) is 5.73 Å². The first-order chi connectivity index (χ1) is 7.36. The Morgan fingerprint density at radius 2 is 1.94 bits per heavy atom. The SMILES string of the molecule is Cl.Cl.NC(=NC1CCCNC1)c1ccccc1. The van der Waals surface area contributed by atoms with Gasteiger partial charge in [-0.3, -0.25) is 4.99 Å². The standard InChI is InChI=1S/C12H17N3.2ClH/c13-12(10-5-2-1-3-6-10)15-11-7-4-8-14-9-11;;/h1-3,5-6,11,14H,4,7-9H2,(H2,13,15);2*1H. The normalized spacial score (nSPS) is 20.0. The number of rotatable bonds is 2. The van der Waals surface area contributed by atoms with Crippen LogP contribution in [0.3, 0.4) is 0 Å². The van der Waals surface area contributed by atoms with Gasteiger partial charge in [0, 0.05) is 12.1 Å². The van der Waals surface area contributed by atoms with E-state index < -0.39 is 0 Å². The van der Waals surface area contributed by atoms with E-state index >= 15 is 0 Å². The Morgan fingerprint density at radius 3 is 2.53 bits per heavy atom. The monoisotopic (exact) mass is 275 g/mol. The minimum Gasteiger partial charge on any atom is -0.383 e. The lowest BCUT2D eigenvalue weighted by Gasteiger charge is -2.19. The summed E-state index contributed by atoms with van der Waals surface area (Å²) in [5.41, 5.74) is 6.96. The molecule has 96 valence electrons. The molecule has 1 aromatic rings. The molecule has 1 aromatic carbocycles. The molecule has 0 spiro atoms. The molecule has 0 amide bonds. The molecule has 0 aromatic heterocycles. The highest BCUT2D eigenvalue weighted by Gasteiger charge is 2.11. The second kappa shape index (κ2) is 8.34. The Balaban J connectivity index is 0.00000128. The zero-order chi connectivity index (χ0) is 10.5. The molecule has 1 aliphatic rings. The van der Waals surface area contributed by atoms with Crippen LogP contribution in [0.1, 0.15) is 18.4 Å². The number of hydrogen-bond donors (Lipinski definition) is 2. The molecule has 3 N–H and O–H groups in total. The predicted octanol–water partition coefficient (Wildman–Crippen LogP) is 1.99. The van der Waals surface area contributed by atoms with E-state index in [0.717, 1.165) is 25.1 Å². The second-order valence-electron chi connectivity index (χ2n) is 3.88. The molecule has 1 atom stereocenters. The predicted molar refractivity (Wildman–Crippen MR) is 77.6 cm³/mol. The van der Waals surface area contributed by atoms with E-state index in [1.54, 1.807) is 0 Å². The summed E-state index contributed by atoms with van der Waals surface area (Å²) >= 11 is 0. The van der Waals surface area contributed by atoms with Crippen LogP contribution in [-0.2, 0) is 0 Å². The molecular weight excluding hydrogens is 257 g/mol. The van der Waals surface area contributed by atoms with Crippen LogP contribution in [0, 0.1) is 0 Å². The maximum atomic E-state index is 5.95. The first-order valence-corrected chi connectivity index (χ1v) is 5.45. The van der Waals surface area contributed by atoms with Gasteiger partial charge in [-0.15, -0.1) is 24.8 Å². The van der Waals surface area contributed by atoms with Crippen molar-refractivity contribution in [3.63, 3.8) is 0 Å². The maximum Gasteiger partial charge on any atom is 0.125 e. The fraction of sp³-hybridized carbons (Fsp3) is 0.417. The summed E-state index contributed by atoms with van der Waals surface area (Å²) in [5.74, 6) is 0.657. The van der Waals surface area contributed by atoms with Gasteiger partial charge in [0.15, 0.2) is 0 Å². The molecule has 1 heterocycles. The minimum absolute atomic E-state index is 0. The minimum atomic E-state index is 0. The van der Waals surface area contributed by atoms with Gasteiger partial charge in [-0.1, -0.05) is 30.3 Å². The molecule has 3 nitrogen and oxygen atoms in total. The van der Waals surface area contributed by atoms with Crippen LogP contribution in [0.2, 0.25) is 0 Å². The van der Waals surface area contributed by atoms with Crippen LogP contribution in [0.4, 0.5) is 0 Å². The third kappa shape index (κ3) is 4.94. The van der Waals surface area contributed by atoms with Crippen LogP contribution in [0.25, 0.3) is 0 Å². The molecule has 1 fully saturated rings. The van der Waals surface area contributed by atoms with Gasteiger partial charge >= 0.3 is 0 Å². The lowest BCUT2D eigenvalue weighted by Crippen LogP contribution is -2.34. The van der Waals surface area contributed by atoms with Gasteiger partial charge < -0.3 is 11.1 Å². The molecule has 5 heteroatoms. The van der Waals surface area contributed by atoms with Crippen molar-refractivity contribution in [2.75, 3.05) is 13.1 Å². The number of nitrogens with one attached hydrogen (secondary N) is 1. The van der Waals surface area contributed by atoms with Crippen molar-refractivity contribution in [3.8, 4) is 0 Å². The average molecular weight is 276 g/mol. The summed E-state index contributed by atoms with van der Waals surface area (Å²) in [6.07, 6.45) is 2.33. The Kier molecular flexibility index (Phi) is 7.96. The third-order valence-corrected chi connectivity index (χ3v) is 2.66. The summed E-state index contributed by atoms with van der Waals surface area (Å²) in [6, 6.07) is 10.3. The van der Waals surface area contributed by atoms with E-state index in [0.29, 0.717) is 11.9 Å². The number of nitrogens with zero attached hydrogens (tertiary/aromatic N) is 1. The summed E-state index contributed by atoms with van der Waals surface area (Å²) in [4.78, 5) is 4.54. The van der Waals surface area contributed by atoms with Gasteiger partial charge in [0.05, 0.1) is 6.04 Å². The largest absolute Gasteiger partial charge is 0.383 e. The summed E-state index contributed by atoms with van der Waals surface area (Å²) < 4.78 is 0. The lowest BCUT2D eigenvalue weighted by molar-refractivity contribution is 0.461. The van der Waals surface area contributed by atoms with E-state index in [1.165, 1.54) is 6.42 Å². The van der Waals surface area contributed by atoms with Crippen molar-refractivity contribution in [2.24, 2.45) is 10.7 Å². The maximum absolute atomic E-state index is 5.95. The Bertz CT molecular complexity index is 335. The first kappa shape index (κ1) is 16.2. The number of aliphatic imine (C=N–C) groups is 1. The van der Waals surface area contributed by atoms with E-state index in [2.05, 4.69) is 10.3 Å². The summed E-state index contributed by atoms with van der Waals surface area (Å²) in [7, 11) is 0. The number of piperidine rings is 1. The Labute approximate surface area is 115 Å². The smallest absolute Gasteiger partial charge is 0.125 e. The second-order valence-corrected chi connectivity index (χ2v) is 3.88. The number of amidine groups is 1. The van der Waals surface area contributed by atoms with Crippen molar-refractivity contribution in [1.82, 2.24) is 5.32 Å². The first-order valence-electron chi connectivity index (χ1n) is 5.45. The van der Waals surface area contributed by atoms with Gasteiger partial charge in [-0.05, 0) is 19.4 Å². The molecule has 0 radical (unpaired) electrons. The summed E-state index contributed by atoms with van der Waals surface area (Å²) in [5, 5.41) is 3.33. The molecule has 1 unspecified atom stereocenters. The Hall–Kier alpha value is -0.770. The molecule has 0 saturated carbocycles. The quantitative estimate of drug-likeness (QED) is 0.641. The van der Waals surface area contributed by atoms with E-state index in [-0.39, 0.29) is 24.8 Å². The van der Waals surface area contributed by atoms with Gasteiger partial charge in [0.2, 0.25) is 0 Å². The molecular formula is C12H19Cl2N3. The van der Waals surface area contributed by atoms with Gasteiger partial charge in [0.25, 0.3) is 0 Å². The van der Waals surface area contributed by atoms with Crippen molar-refractivity contribution in [2.45, 2.75) is 18.9 Å².